The first-order valence-electron chi connectivity index (χ1n) is 15.0. The molecule has 4 aromatic carbocycles. The first-order chi connectivity index (χ1) is 21.5. The quantitative estimate of drug-likeness (QED) is 0.199. The molecule has 2 heterocycles. The topological polar surface area (TPSA) is 82.6 Å². The molecule has 0 spiro atoms. The zero-order valence-corrected chi connectivity index (χ0v) is 24.7. The lowest BCUT2D eigenvalue weighted by molar-refractivity contribution is -0.175. The summed E-state index contributed by atoms with van der Waals surface area (Å²) in [7, 11) is 0. The van der Waals surface area contributed by atoms with Crippen LogP contribution >= 0.6 is 0 Å². The van der Waals surface area contributed by atoms with Gasteiger partial charge in [-0.2, -0.15) is 0 Å². The van der Waals surface area contributed by atoms with Crippen LogP contribution in [0, 0.1) is 6.92 Å². The van der Waals surface area contributed by atoms with Gasteiger partial charge in [0.05, 0.1) is 25.4 Å². The number of hydrogen-bond acceptors (Lipinski definition) is 5. The van der Waals surface area contributed by atoms with Crippen LogP contribution in [-0.4, -0.2) is 28.4 Å². The van der Waals surface area contributed by atoms with Crippen LogP contribution in [0.5, 0.6) is 0 Å². The molecule has 0 saturated carbocycles. The third-order valence-electron chi connectivity index (χ3n) is 8.15. The Kier molecular flexibility index (Phi) is 8.98. The average Bonchev–Trinajstić information content (AvgIpc) is 3.08. The SMILES string of the molecule is Cc1cn([C@H]2C[C@H](OCc3ccccc3)C[C@@H](COC(c3ccccc3)(c3ccccc3)c3ccccc3)O2)c(=O)[nH]c1=O. The number of H-pyrrole nitrogens is 1. The van der Waals surface area contributed by atoms with E-state index < -0.39 is 29.2 Å². The lowest BCUT2D eigenvalue weighted by atomic mass is 9.80. The molecule has 7 nitrogen and oxygen atoms in total. The summed E-state index contributed by atoms with van der Waals surface area (Å²) in [5, 5.41) is 0. The number of hydrogen-bond donors (Lipinski definition) is 1. The minimum Gasteiger partial charge on any atom is -0.373 e. The fourth-order valence-electron chi connectivity index (χ4n) is 5.95. The Hall–Kier alpha value is -4.56. The number of nitrogens with zero attached hydrogens (tertiary/aromatic N) is 1. The Labute approximate surface area is 256 Å². The Bertz CT molecular complexity index is 1660. The van der Waals surface area contributed by atoms with Crippen molar-refractivity contribution in [3.63, 3.8) is 0 Å². The predicted octanol–water partition coefficient (Wildman–Crippen LogP) is 6.12. The number of benzene rings is 4. The van der Waals surface area contributed by atoms with Crippen molar-refractivity contribution in [1.29, 1.82) is 0 Å². The predicted molar refractivity (Wildman–Crippen MR) is 169 cm³/mol. The highest BCUT2D eigenvalue weighted by Crippen LogP contribution is 2.41. The maximum atomic E-state index is 12.9. The number of ether oxygens (including phenoxy) is 3. The first-order valence-corrected chi connectivity index (χ1v) is 15.0. The molecule has 3 atom stereocenters. The molecule has 1 saturated heterocycles. The number of aryl methyl sites for hydroxylation is 1. The molecule has 6 rings (SSSR count). The molecule has 44 heavy (non-hydrogen) atoms. The molecule has 1 N–H and O–H groups in total. The van der Waals surface area contributed by atoms with Crippen LogP contribution in [0.1, 0.15) is 46.9 Å². The Morgan fingerprint density at radius 3 is 1.84 bits per heavy atom. The number of rotatable bonds is 10. The lowest BCUT2D eigenvalue weighted by Gasteiger charge is -2.40. The highest BCUT2D eigenvalue weighted by atomic mass is 16.6. The molecule has 0 radical (unpaired) electrons. The monoisotopic (exact) mass is 588 g/mol. The van der Waals surface area contributed by atoms with E-state index in [1.807, 2.05) is 84.9 Å². The standard InChI is InChI=1S/C37H36N2O5/c1-27-24-39(36(41)38-35(27)40)34-23-32(42-25-28-14-6-2-7-15-28)22-33(44-34)26-43-37(29-16-8-3-9-17-29,30-18-10-4-11-19-30)31-20-12-5-13-21-31/h2-21,24,32-34H,22-23,25-26H2,1H3,(H,38,40,41)/t32-,33+,34-/m1/s1. The van der Waals surface area contributed by atoms with Crippen LogP contribution in [0.2, 0.25) is 0 Å². The van der Waals surface area contributed by atoms with Gasteiger partial charge in [-0.3, -0.25) is 14.3 Å². The van der Waals surface area contributed by atoms with E-state index in [0.29, 0.717) is 25.0 Å². The van der Waals surface area contributed by atoms with Gasteiger partial charge in [-0.15, -0.1) is 0 Å². The summed E-state index contributed by atoms with van der Waals surface area (Å²) < 4.78 is 21.5. The van der Waals surface area contributed by atoms with E-state index in [0.717, 1.165) is 22.3 Å². The minimum absolute atomic E-state index is 0.207. The van der Waals surface area contributed by atoms with Gasteiger partial charge in [0.25, 0.3) is 5.56 Å². The maximum Gasteiger partial charge on any atom is 0.330 e. The van der Waals surface area contributed by atoms with Crippen LogP contribution in [0.4, 0.5) is 0 Å². The van der Waals surface area contributed by atoms with Gasteiger partial charge in [0.1, 0.15) is 11.8 Å². The van der Waals surface area contributed by atoms with E-state index in [-0.39, 0.29) is 12.7 Å². The van der Waals surface area contributed by atoms with Gasteiger partial charge in [-0.1, -0.05) is 121 Å². The number of nitrogens with one attached hydrogen (secondary N) is 1. The highest BCUT2D eigenvalue weighted by Gasteiger charge is 2.40. The summed E-state index contributed by atoms with van der Waals surface area (Å²) in [6.45, 7) is 2.35. The molecular weight excluding hydrogens is 552 g/mol. The van der Waals surface area contributed by atoms with E-state index in [1.165, 1.54) is 4.57 Å². The number of aromatic nitrogens is 2. The molecule has 5 aromatic rings. The smallest absolute Gasteiger partial charge is 0.330 e. The van der Waals surface area contributed by atoms with Crippen LogP contribution in [-0.2, 0) is 26.4 Å². The van der Waals surface area contributed by atoms with E-state index in [4.69, 9.17) is 14.2 Å². The molecule has 0 aliphatic carbocycles. The summed E-state index contributed by atoms with van der Waals surface area (Å²) in [6, 6.07) is 40.6. The molecule has 1 aliphatic heterocycles. The van der Waals surface area contributed by atoms with Gasteiger partial charge in [0.2, 0.25) is 0 Å². The number of aromatic amines is 1. The summed E-state index contributed by atoms with van der Waals surface area (Å²) in [6.07, 6.45) is 1.35. The lowest BCUT2D eigenvalue weighted by Crippen LogP contribution is -2.44. The molecule has 0 bridgehead atoms. The largest absolute Gasteiger partial charge is 0.373 e. The first kappa shape index (κ1) is 29.5. The molecular formula is C37H36N2O5. The third-order valence-corrected chi connectivity index (χ3v) is 8.15. The van der Waals surface area contributed by atoms with Gasteiger partial charge in [0, 0.05) is 24.6 Å². The van der Waals surface area contributed by atoms with E-state index >= 15 is 0 Å². The second-order valence-electron chi connectivity index (χ2n) is 11.2. The second kappa shape index (κ2) is 13.4. The normalized spacial score (nSPS) is 18.6. The Morgan fingerprint density at radius 2 is 1.30 bits per heavy atom. The molecule has 1 aromatic heterocycles. The fourth-order valence-corrected chi connectivity index (χ4v) is 5.95. The average molecular weight is 589 g/mol. The van der Waals surface area contributed by atoms with Crippen LogP contribution < -0.4 is 11.2 Å². The van der Waals surface area contributed by atoms with Crippen molar-refractivity contribution < 1.29 is 14.2 Å². The third kappa shape index (κ3) is 6.36. The molecule has 0 amide bonds. The van der Waals surface area contributed by atoms with Gasteiger partial charge in [-0.25, -0.2) is 4.79 Å². The summed E-state index contributed by atoms with van der Waals surface area (Å²) in [5.41, 5.74) is 2.66. The Morgan fingerprint density at radius 1 is 0.773 bits per heavy atom. The van der Waals surface area contributed by atoms with E-state index in [2.05, 4.69) is 41.4 Å². The van der Waals surface area contributed by atoms with Crippen molar-refractivity contribution in [2.75, 3.05) is 6.61 Å². The molecule has 224 valence electrons. The molecule has 1 fully saturated rings. The maximum absolute atomic E-state index is 12.9. The van der Waals surface area contributed by atoms with Crippen LogP contribution in [0.25, 0.3) is 0 Å². The van der Waals surface area contributed by atoms with E-state index in [1.54, 1.807) is 13.1 Å². The van der Waals surface area contributed by atoms with E-state index in [9.17, 15) is 9.59 Å². The van der Waals surface area contributed by atoms with Crippen molar-refractivity contribution in [2.45, 2.75) is 50.4 Å². The van der Waals surface area contributed by atoms with Crippen molar-refractivity contribution in [3.05, 3.63) is 176 Å². The van der Waals surface area contributed by atoms with Crippen molar-refractivity contribution >= 4 is 0 Å². The molecule has 7 heteroatoms. The van der Waals surface area contributed by atoms with Crippen molar-refractivity contribution in [3.8, 4) is 0 Å². The Balaban J connectivity index is 1.34. The summed E-state index contributed by atoms with van der Waals surface area (Å²) in [5.74, 6) is 0. The van der Waals surface area contributed by atoms with Gasteiger partial charge in [-0.05, 0) is 29.2 Å². The minimum atomic E-state index is -0.911. The van der Waals surface area contributed by atoms with Crippen molar-refractivity contribution in [2.24, 2.45) is 0 Å². The zero-order chi connectivity index (χ0) is 30.4. The zero-order valence-electron chi connectivity index (χ0n) is 24.7. The summed E-state index contributed by atoms with van der Waals surface area (Å²) >= 11 is 0. The van der Waals surface area contributed by atoms with Gasteiger partial charge < -0.3 is 14.2 Å². The van der Waals surface area contributed by atoms with Gasteiger partial charge >= 0.3 is 5.69 Å². The second-order valence-corrected chi connectivity index (χ2v) is 11.2. The molecule has 1 aliphatic rings. The van der Waals surface area contributed by atoms with Gasteiger partial charge in [0.15, 0.2) is 0 Å². The summed E-state index contributed by atoms with van der Waals surface area (Å²) in [4.78, 5) is 27.4. The fraction of sp³-hybridized carbons (Fsp3) is 0.243. The van der Waals surface area contributed by atoms with Crippen LogP contribution in [0.15, 0.2) is 137 Å². The van der Waals surface area contributed by atoms with Crippen molar-refractivity contribution in [1.82, 2.24) is 9.55 Å². The van der Waals surface area contributed by atoms with Crippen LogP contribution in [0.3, 0.4) is 0 Å². The highest BCUT2D eigenvalue weighted by molar-refractivity contribution is 5.47. The molecule has 0 unspecified atom stereocenters.